The Balaban J connectivity index is 1.61. The summed E-state index contributed by atoms with van der Waals surface area (Å²) in [6.45, 7) is 1.79. The predicted molar refractivity (Wildman–Crippen MR) is 155 cm³/mol. The van der Waals surface area contributed by atoms with E-state index in [0.717, 1.165) is 23.1 Å². The molecule has 2 N–H and O–H groups in total. The van der Waals surface area contributed by atoms with Gasteiger partial charge in [-0.25, -0.2) is 18.6 Å². The Morgan fingerprint density at radius 1 is 1.10 bits per heavy atom. The van der Waals surface area contributed by atoms with E-state index in [0.29, 0.717) is 47.5 Å². The van der Waals surface area contributed by atoms with E-state index >= 15 is 0 Å². The first-order valence-corrected chi connectivity index (χ1v) is 13.5. The van der Waals surface area contributed by atoms with Crippen LogP contribution >= 0.6 is 11.6 Å². The molecule has 1 aliphatic heterocycles. The fourth-order valence-corrected chi connectivity index (χ4v) is 5.14. The fourth-order valence-electron chi connectivity index (χ4n) is 4.98. The maximum Gasteiger partial charge on any atom is 0.411 e. The Labute approximate surface area is 244 Å². The smallest absolute Gasteiger partial charge is 0.411 e. The standard InChI is InChI=1S/C30H26ClF2N5O4/c1-16-4-3-5-25(38-15-35-24(14-26(38)39)27-21(32)9-8-20(31)28(27)33)23-12-17(10-11-34-23)19-7-6-18(37(2)30(41)42)13-22(19)36-29(16)40/h6-16,25H,3-5H2,1-2H3,(H,36,40)(H,41,42)/t16-,25+/m1/s1. The van der Waals surface area contributed by atoms with Crippen molar-refractivity contribution in [3.63, 3.8) is 0 Å². The molecule has 4 aromatic rings. The monoisotopic (exact) mass is 593 g/mol. The number of pyridine rings is 1. The summed E-state index contributed by atoms with van der Waals surface area (Å²) in [5.74, 6) is -2.53. The number of carboxylic acid groups (broad SMARTS) is 1. The number of rotatable bonds is 3. The van der Waals surface area contributed by atoms with E-state index in [1.165, 1.54) is 17.9 Å². The van der Waals surface area contributed by atoms with Crippen LogP contribution in [-0.2, 0) is 4.79 Å². The topological polar surface area (TPSA) is 117 Å². The normalized spacial score (nSPS) is 16.9. The predicted octanol–water partition coefficient (Wildman–Crippen LogP) is 6.37. The largest absolute Gasteiger partial charge is 0.465 e. The van der Waals surface area contributed by atoms with Crippen molar-refractivity contribution < 1.29 is 23.5 Å². The third kappa shape index (κ3) is 5.60. The van der Waals surface area contributed by atoms with Gasteiger partial charge in [0.25, 0.3) is 5.56 Å². The highest BCUT2D eigenvalue weighted by Gasteiger charge is 2.24. The summed E-state index contributed by atoms with van der Waals surface area (Å²) in [6.07, 6.45) is 3.14. The van der Waals surface area contributed by atoms with E-state index in [-0.39, 0.29) is 16.6 Å². The Morgan fingerprint density at radius 3 is 2.62 bits per heavy atom. The molecule has 0 unspecified atom stereocenters. The summed E-state index contributed by atoms with van der Waals surface area (Å²) in [6, 6.07) is 11.0. The van der Waals surface area contributed by atoms with E-state index in [1.807, 2.05) is 0 Å². The molecule has 3 heterocycles. The van der Waals surface area contributed by atoms with Crippen LogP contribution in [0.2, 0.25) is 5.02 Å². The van der Waals surface area contributed by atoms with Crippen LogP contribution < -0.4 is 15.8 Å². The highest BCUT2D eigenvalue weighted by molar-refractivity contribution is 6.31. The number of carbonyl (C=O) groups excluding carboxylic acids is 1. The number of anilines is 2. The molecule has 2 bridgehead atoms. The van der Waals surface area contributed by atoms with Crippen molar-refractivity contribution >= 4 is 35.0 Å². The first kappa shape index (κ1) is 28.9. The molecule has 0 aliphatic carbocycles. The average molecular weight is 594 g/mol. The summed E-state index contributed by atoms with van der Waals surface area (Å²) in [5, 5.41) is 12.1. The van der Waals surface area contributed by atoms with Gasteiger partial charge in [0.05, 0.1) is 40.0 Å². The van der Waals surface area contributed by atoms with Crippen LogP contribution in [0.25, 0.3) is 22.4 Å². The lowest BCUT2D eigenvalue weighted by Crippen LogP contribution is -2.27. The van der Waals surface area contributed by atoms with Gasteiger partial charge >= 0.3 is 6.09 Å². The molecule has 1 aliphatic rings. The maximum absolute atomic E-state index is 14.6. The minimum Gasteiger partial charge on any atom is -0.465 e. The molecule has 2 amide bonds. The molecule has 0 fully saturated rings. The Morgan fingerprint density at radius 2 is 1.88 bits per heavy atom. The molecule has 0 radical (unpaired) electrons. The SMILES string of the molecule is C[C@@H]1CCC[C@H](n2cnc(-c3c(F)ccc(Cl)c3F)cc2=O)c2cc(ccn2)-c2ccc(N(C)C(=O)O)cc2NC1=O. The number of nitrogens with one attached hydrogen (secondary N) is 1. The Hall–Kier alpha value is -4.64. The highest BCUT2D eigenvalue weighted by Crippen LogP contribution is 2.35. The third-order valence-electron chi connectivity index (χ3n) is 7.40. The minimum atomic E-state index is -1.15. The summed E-state index contributed by atoms with van der Waals surface area (Å²) >= 11 is 5.83. The number of aromatic nitrogens is 3. The fraction of sp³-hybridized carbons (Fsp3) is 0.233. The lowest BCUT2D eigenvalue weighted by Gasteiger charge is -2.23. The molecule has 2 atom stereocenters. The van der Waals surface area contributed by atoms with Crippen molar-refractivity contribution in [2.45, 2.75) is 32.2 Å². The second-order valence-corrected chi connectivity index (χ2v) is 10.5. The third-order valence-corrected chi connectivity index (χ3v) is 7.69. The number of halogens is 3. The van der Waals surface area contributed by atoms with Gasteiger partial charge in [0.15, 0.2) is 5.82 Å². The molecule has 5 rings (SSSR count). The van der Waals surface area contributed by atoms with Gasteiger partial charge in [0.1, 0.15) is 5.82 Å². The number of nitrogens with zero attached hydrogens (tertiary/aromatic N) is 4. The molecule has 0 saturated heterocycles. The quantitative estimate of drug-likeness (QED) is 0.267. The molecule has 2 aromatic carbocycles. The molecular weight excluding hydrogens is 568 g/mol. The summed E-state index contributed by atoms with van der Waals surface area (Å²) in [5.41, 5.74) is 1.43. The minimum absolute atomic E-state index is 0.190. The molecule has 0 saturated carbocycles. The second kappa shape index (κ2) is 11.7. The van der Waals surface area contributed by atoms with Crippen molar-refractivity contribution in [2.24, 2.45) is 5.92 Å². The van der Waals surface area contributed by atoms with Crippen molar-refractivity contribution in [3.05, 3.63) is 93.8 Å². The number of hydrogen-bond acceptors (Lipinski definition) is 5. The van der Waals surface area contributed by atoms with Gasteiger partial charge in [0, 0.05) is 36.5 Å². The maximum atomic E-state index is 14.6. The Kier molecular flexibility index (Phi) is 8.04. The van der Waals surface area contributed by atoms with Gasteiger partial charge in [0.2, 0.25) is 5.91 Å². The lowest BCUT2D eigenvalue weighted by molar-refractivity contribution is -0.119. The summed E-state index contributed by atoms with van der Waals surface area (Å²) < 4.78 is 30.5. The summed E-state index contributed by atoms with van der Waals surface area (Å²) in [7, 11) is 1.41. The van der Waals surface area contributed by atoms with Gasteiger partial charge in [-0.1, -0.05) is 31.0 Å². The van der Waals surface area contributed by atoms with E-state index in [4.69, 9.17) is 11.6 Å². The van der Waals surface area contributed by atoms with E-state index in [1.54, 1.807) is 43.5 Å². The van der Waals surface area contributed by atoms with Crippen LogP contribution in [-0.4, -0.2) is 38.7 Å². The summed E-state index contributed by atoms with van der Waals surface area (Å²) in [4.78, 5) is 47.8. The second-order valence-electron chi connectivity index (χ2n) is 10.1. The first-order chi connectivity index (χ1) is 20.0. The van der Waals surface area contributed by atoms with Crippen molar-refractivity contribution in [2.75, 3.05) is 17.3 Å². The highest BCUT2D eigenvalue weighted by atomic mass is 35.5. The van der Waals surface area contributed by atoms with Crippen molar-refractivity contribution in [3.8, 4) is 22.4 Å². The number of carbonyl (C=O) groups is 2. The van der Waals surface area contributed by atoms with Crippen LogP contribution in [0.15, 0.2) is 65.8 Å². The van der Waals surface area contributed by atoms with Crippen LogP contribution in [0.4, 0.5) is 25.0 Å². The molecule has 0 spiro atoms. The van der Waals surface area contributed by atoms with Gasteiger partial charge < -0.3 is 10.4 Å². The van der Waals surface area contributed by atoms with Crippen molar-refractivity contribution in [1.82, 2.24) is 14.5 Å². The average Bonchev–Trinajstić information content (AvgIpc) is 2.97. The Bertz CT molecular complexity index is 1760. The molecular formula is C30H26ClF2N5O4. The first-order valence-electron chi connectivity index (χ1n) is 13.1. The number of benzene rings is 2. The molecule has 12 heteroatoms. The zero-order chi connectivity index (χ0) is 30.1. The van der Waals surface area contributed by atoms with Crippen molar-refractivity contribution in [1.29, 1.82) is 0 Å². The van der Waals surface area contributed by atoms with Gasteiger partial charge in [-0.15, -0.1) is 0 Å². The number of hydrogen-bond donors (Lipinski definition) is 2. The number of amides is 2. The molecule has 2 aromatic heterocycles. The van der Waals surface area contributed by atoms with Gasteiger partial charge in [-0.05, 0) is 54.8 Å². The number of fused-ring (bicyclic) bond motifs is 4. The van der Waals surface area contributed by atoms with Crippen LogP contribution in [0.1, 0.15) is 37.9 Å². The molecule has 9 nitrogen and oxygen atoms in total. The van der Waals surface area contributed by atoms with Crippen LogP contribution in [0.3, 0.4) is 0 Å². The van der Waals surface area contributed by atoms with E-state index in [2.05, 4.69) is 15.3 Å². The van der Waals surface area contributed by atoms with E-state index in [9.17, 15) is 28.3 Å². The zero-order valence-electron chi connectivity index (χ0n) is 22.6. The van der Waals surface area contributed by atoms with Gasteiger partial charge in [-0.3, -0.25) is 24.0 Å². The molecule has 42 heavy (non-hydrogen) atoms. The van der Waals surface area contributed by atoms with Crippen LogP contribution in [0.5, 0.6) is 0 Å². The van der Waals surface area contributed by atoms with Crippen LogP contribution in [0, 0.1) is 17.6 Å². The molecule has 216 valence electrons. The van der Waals surface area contributed by atoms with Gasteiger partial charge in [-0.2, -0.15) is 0 Å². The lowest BCUT2D eigenvalue weighted by atomic mass is 9.95. The van der Waals surface area contributed by atoms with E-state index < -0.39 is 40.8 Å². The zero-order valence-corrected chi connectivity index (χ0v) is 23.4.